The molecule has 2 aromatic heterocycles. The number of likely N-dealkylation sites (tertiary alicyclic amines) is 1. The van der Waals surface area contributed by atoms with Gasteiger partial charge in [-0.1, -0.05) is 30.8 Å². The molecule has 3 heterocycles. The van der Waals surface area contributed by atoms with E-state index in [1.807, 2.05) is 18.2 Å². The van der Waals surface area contributed by atoms with Gasteiger partial charge in [-0.15, -0.1) is 0 Å². The number of benzene rings is 2. The van der Waals surface area contributed by atoms with E-state index in [-0.39, 0.29) is 23.5 Å². The summed E-state index contributed by atoms with van der Waals surface area (Å²) in [7, 11) is 3.19. The lowest BCUT2D eigenvalue weighted by molar-refractivity contribution is -0.125. The summed E-state index contributed by atoms with van der Waals surface area (Å²) in [6, 6.07) is 10.3. The van der Waals surface area contributed by atoms with E-state index in [0.717, 1.165) is 0 Å². The summed E-state index contributed by atoms with van der Waals surface area (Å²) in [5.41, 5.74) is 7.14. The zero-order valence-electron chi connectivity index (χ0n) is 20.9. The number of hydrogen-bond acceptors (Lipinski definition) is 8. The largest absolute Gasteiger partial charge is 0.414 e. The molecule has 1 atom stereocenters. The van der Waals surface area contributed by atoms with Crippen LogP contribution in [0.3, 0.4) is 0 Å². The lowest BCUT2D eigenvalue weighted by atomic mass is 10.1. The molecule has 5 rings (SSSR count). The summed E-state index contributed by atoms with van der Waals surface area (Å²) in [6.07, 6.45) is 2.72. The highest BCUT2D eigenvalue weighted by Crippen LogP contribution is 2.33. The van der Waals surface area contributed by atoms with Crippen LogP contribution >= 0.6 is 0 Å². The number of hydrogen-bond donors (Lipinski definition) is 2. The van der Waals surface area contributed by atoms with Crippen LogP contribution in [0, 0.1) is 0 Å². The third-order valence-corrected chi connectivity index (χ3v) is 6.42. The molecule has 12 nitrogen and oxygen atoms in total. The lowest BCUT2D eigenvalue weighted by Crippen LogP contribution is -2.27. The van der Waals surface area contributed by atoms with Gasteiger partial charge in [0, 0.05) is 43.6 Å². The van der Waals surface area contributed by atoms with Gasteiger partial charge >= 0.3 is 6.09 Å². The minimum atomic E-state index is -0.514. The Morgan fingerprint density at radius 2 is 1.92 bits per heavy atom. The van der Waals surface area contributed by atoms with Crippen LogP contribution in [-0.4, -0.2) is 74.6 Å². The minimum absolute atomic E-state index is 0.0683. The van der Waals surface area contributed by atoms with Gasteiger partial charge in [0.05, 0.1) is 11.4 Å². The van der Waals surface area contributed by atoms with E-state index in [9.17, 15) is 14.4 Å². The number of nitrogen functional groups attached to an aromatic ring is 1. The van der Waals surface area contributed by atoms with Gasteiger partial charge in [0.2, 0.25) is 5.91 Å². The number of ether oxygens (including phenoxy) is 1. The summed E-state index contributed by atoms with van der Waals surface area (Å²) < 4.78 is 7.13. The molecule has 1 unspecified atom stereocenters. The standard InChI is InChI=1S/C26H26N8O4/c1-4-20(35)33-12-11-15(13-33)34-24-21(23(27)28-14-29-24)22(31-34)25(36)30-18-9-10-19(38-26(37)32(2)3)17-8-6-5-7-16(17)18/h4-10,14-15H,1,11-13H2,2-3H3,(H,30,36)(H2,27,28,29). The first-order valence-corrected chi connectivity index (χ1v) is 11.9. The van der Waals surface area contributed by atoms with Gasteiger partial charge in [0.1, 0.15) is 17.9 Å². The molecule has 1 fully saturated rings. The number of nitrogens with zero attached hydrogens (tertiary/aromatic N) is 6. The monoisotopic (exact) mass is 514 g/mol. The first-order valence-electron chi connectivity index (χ1n) is 11.9. The number of fused-ring (bicyclic) bond motifs is 2. The third kappa shape index (κ3) is 4.36. The maximum absolute atomic E-state index is 13.6. The number of nitrogens with two attached hydrogens (primary N) is 1. The van der Waals surface area contributed by atoms with Crippen LogP contribution in [0.5, 0.6) is 5.75 Å². The van der Waals surface area contributed by atoms with Gasteiger partial charge in [-0.05, 0) is 24.6 Å². The van der Waals surface area contributed by atoms with Gasteiger partial charge < -0.3 is 25.6 Å². The average Bonchev–Trinajstić information content (AvgIpc) is 3.55. The van der Waals surface area contributed by atoms with E-state index in [4.69, 9.17) is 10.5 Å². The van der Waals surface area contributed by atoms with Gasteiger partial charge in [-0.25, -0.2) is 19.4 Å². The molecule has 0 radical (unpaired) electrons. The topological polar surface area (TPSA) is 149 Å². The molecule has 0 bridgehead atoms. The third-order valence-electron chi connectivity index (χ3n) is 6.42. The Kier molecular flexibility index (Phi) is 6.37. The molecule has 2 aromatic carbocycles. The van der Waals surface area contributed by atoms with Gasteiger partial charge in [0.15, 0.2) is 11.3 Å². The van der Waals surface area contributed by atoms with E-state index in [1.165, 1.54) is 17.3 Å². The van der Waals surface area contributed by atoms with Gasteiger partial charge in [0.25, 0.3) is 5.91 Å². The van der Waals surface area contributed by atoms with E-state index in [2.05, 4.69) is 27.0 Å². The zero-order valence-corrected chi connectivity index (χ0v) is 20.9. The first-order chi connectivity index (χ1) is 18.3. The zero-order chi connectivity index (χ0) is 27.0. The van der Waals surface area contributed by atoms with Crippen LogP contribution in [0.1, 0.15) is 23.0 Å². The van der Waals surface area contributed by atoms with Crippen LogP contribution in [0.15, 0.2) is 55.4 Å². The van der Waals surface area contributed by atoms with E-state index < -0.39 is 12.0 Å². The number of amides is 3. The van der Waals surface area contributed by atoms with Crippen LogP contribution in [0.2, 0.25) is 0 Å². The quantitative estimate of drug-likeness (QED) is 0.386. The van der Waals surface area contributed by atoms with E-state index in [1.54, 1.807) is 41.9 Å². The van der Waals surface area contributed by atoms with Crippen LogP contribution in [0.25, 0.3) is 21.8 Å². The normalized spacial score (nSPS) is 15.0. The lowest BCUT2D eigenvalue weighted by Gasteiger charge is -2.15. The Hall–Kier alpha value is -5.00. The number of carbonyl (C=O) groups is 3. The maximum atomic E-state index is 13.6. The van der Waals surface area contributed by atoms with Crippen molar-refractivity contribution in [3.05, 3.63) is 61.1 Å². The van der Waals surface area contributed by atoms with Crippen molar-refractivity contribution in [3.8, 4) is 5.75 Å². The van der Waals surface area contributed by atoms with Crippen molar-refractivity contribution in [2.75, 3.05) is 38.2 Å². The molecular formula is C26H26N8O4. The van der Waals surface area contributed by atoms with Crippen molar-refractivity contribution in [1.29, 1.82) is 0 Å². The molecule has 1 saturated heterocycles. The van der Waals surface area contributed by atoms with Crippen molar-refractivity contribution in [3.63, 3.8) is 0 Å². The van der Waals surface area contributed by atoms with E-state index in [0.29, 0.717) is 52.8 Å². The fourth-order valence-corrected chi connectivity index (χ4v) is 4.52. The SMILES string of the molecule is C=CC(=O)N1CCC(n2nc(C(=O)Nc3ccc(OC(=O)N(C)C)c4ccccc34)c3c(N)ncnc32)C1. The van der Waals surface area contributed by atoms with Crippen molar-refractivity contribution < 1.29 is 19.1 Å². The molecule has 3 N–H and O–H groups in total. The number of anilines is 2. The molecule has 3 amide bonds. The number of rotatable bonds is 5. The Morgan fingerprint density at radius 1 is 1.16 bits per heavy atom. The molecule has 4 aromatic rings. The average molecular weight is 515 g/mol. The Bertz CT molecular complexity index is 1600. The maximum Gasteiger partial charge on any atom is 0.414 e. The molecule has 12 heteroatoms. The summed E-state index contributed by atoms with van der Waals surface area (Å²) in [5, 5.41) is 9.15. The highest BCUT2D eigenvalue weighted by Gasteiger charge is 2.31. The Labute approximate surface area is 217 Å². The molecule has 0 saturated carbocycles. The second kappa shape index (κ2) is 9.81. The summed E-state index contributed by atoms with van der Waals surface area (Å²) >= 11 is 0. The highest BCUT2D eigenvalue weighted by atomic mass is 16.6. The number of aromatic nitrogens is 4. The van der Waals surface area contributed by atoms with Gasteiger partial charge in [-0.2, -0.15) is 5.10 Å². The highest BCUT2D eigenvalue weighted by molar-refractivity contribution is 6.15. The second-order valence-electron chi connectivity index (χ2n) is 9.05. The molecule has 194 valence electrons. The van der Waals surface area contributed by atoms with Crippen LogP contribution in [0.4, 0.5) is 16.3 Å². The minimum Gasteiger partial charge on any atom is -0.410 e. The fraction of sp³-hybridized carbons (Fsp3) is 0.231. The Balaban J connectivity index is 1.50. The molecule has 1 aliphatic heterocycles. The molecule has 0 aliphatic carbocycles. The van der Waals surface area contributed by atoms with Crippen LogP contribution < -0.4 is 15.8 Å². The number of carbonyl (C=O) groups excluding carboxylic acids is 3. The van der Waals surface area contributed by atoms with Crippen molar-refractivity contribution in [1.82, 2.24) is 29.5 Å². The predicted molar refractivity (Wildman–Crippen MR) is 142 cm³/mol. The second-order valence-corrected chi connectivity index (χ2v) is 9.05. The van der Waals surface area contributed by atoms with Crippen LogP contribution in [-0.2, 0) is 4.79 Å². The van der Waals surface area contributed by atoms with Crippen molar-refractivity contribution in [2.24, 2.45) is 0 Å². The molecule has 38 heavy (non-hydrogen) atoms. The number of nitrogens with one attached hydrogen (secondary N) is 1. The smallest absolute Gasteiger partial charge is 0.410 e. The fourth-order valence-electron chi connectivity index (χ4n) is 4.52. The summed E-state index contributed by atoms with van der Waals surface area (Å²) in [4.78, 5) is 49.2. The first kappa shape index (κ1) is 24.7. The van der Waals surface area contributed by atoms with E-state index >= 15 is 0 Å². The molecule has 1 aliphatic rings. The molecule has 0 spiro atoms. The van der Waals surface area contributed by atoms with Crippen molar-refractivity contribution >= 4 is 51.2 Å². The molecular weight excluding hydrogens is 488 g/mol. The summed E-state index contributed by atoms with van der Waals surface area (Å²) in [6.45, 7) is 4.49. The Morgan fingerprint density at radius 3 is 2.66 bits per heavy atom. The van der Waals surface area contributed by atoms with Crippen molar-refractivity contribution in [2.45, 2.75) is 12.5 Å². The summed E-state index contributed by atoms with van der Waals surface area (Å²) in [5.74, 6) is -0.179. The predicted octanol–water partition coefficient (Wildman–Crippen LogP) is 2.83. The van der Waals surface area contributed by atoms with Gasteiger partial charge in [-0.3, -0.25) is 9.59 Å².